The van der Waals surface area contributed by atoms with Gasteiger partial charge in [0, 0.05) is 11.2 Å². The third-order valence-corrected chi connectivity index (χ3v) is 5.52. The quantitative estimate of drug-likeness (QED) is 0.488. The molecule has 0 bridgehead atoms. The van der Waals surface area contributed by atoms with Crippen LogP contribution >= 0.6 is 43.2 Å². The number of benzene rings is 2. The minimum Gasteiger partial charge on any atom is -0.241 e. The van der Waals surface area contributed by atoms with E-state index < -0.39 is 0 Å². The Balaban J connectivity index is 1.84. The Labute approximate surface area is 137 Å². The molecule has 20 heavy (non-hydrogen) atoms. The predicted octanol–water partition coefficient (Wildman–Crippen LogP) is 5.88. The van der Waals surface area contributed by atoms with Gasteiger partial charge < -0.3 is 0 Å². The Morgan fingerprint density at radius 2 is 2.00 bits per heavy atom. The lowest BCUT2D eigenvalue weighted by Crippen LogP contribution is -1.95. The van der Waals surface area contributed by atoms with Crippen molar-refractivity contribution in [3.05, 3.63) is 63.3 Å². The van der Waals surface area contributed by atoms with Crippen molar-refractivity contribution in [2.24, 2.45) is 0 Å². The summed E-state index contributed by atoms with van der Waals surface area (Å²) in [5.41, 5.74) is 2.07. The van der Waals surface area contributed by atoms with Gasteiger partial charge in [-0.05, 0) is 45.8 Å². The molecule has 1 atom stereocenters. The van der Waals surface area contributed by atoms with Crippen molar-refractivity contribution in [1.82, 2.24) is 4.98 Å². The number of fused-ring (bicyclic) bond motifs is 1. The summed E-state index contributed by atoms with van der Waals surface area (Å²) in [5, 5.41) is 1.08. The van der Waals surface area contributed by atoms with Crippen molar-refractivity contribution in [2.75, 3.05) is 0 Å². The van der Waals surface area contributed by atoms with E-state index in [-0.39, 0.29) is 10.6 Å². The number of thiazole rings is 1. The highest BCUT2D eigenvalue weighted by Crippen LogP contribution is 2.32. The van der Waals surface area contributed by atoms with Crippen molar-refractivity contribution >= 4 is 53.4 Å². The lowest BCUT2D eigenvalue weighted by Gasteiger charge is -2.09. The first kappa shape index (κ1) is 14.2. The van der Waals surface area contributed by atoms with Gasteiger partial charge >= 0.3 is 0 Å². The van der Waals surface area contributed by atoms with E-state index in [9.17, 15) is 4.39 Å². The molecule has 0 aliphatic heterocycles. The Morgan fingerprint density at radius 1 is 1.20 bits per heavy atom. The molecule has 3 aromatic rings. The molecule has 0 aliphatic rings. The van der Waals surface area contributed by atoms with Crippen molar-refractivity contribution in [2.45, 2.75) is 11.2 Å². The Morgan fingerprint density at radius 3 is 2.75 bits per heavy atom. The van der Waals surface area contributed by atoms with Crippen LogP contribution in [0.4, 0.5) is 4.39 Å². The summed E-state index contributed by atoms with van der Waals surface area (Å²) in [6.07, 6.45) is 0.789. The van der Waals surface area contributed by atoms with E-state index in [1.54, 1.807) is 17.4 Å². The van der Waals surface area contributed by atoms with Crippen LogP contribution in [0, 0.1) is 5.82 Å². The van der Waals surface area contributed by atoms with Crippen molar-refractivity contribution < 1.29 is 4.39 Å². The summed E-state index contributed by atoms with van der Waals surface area (Å²) in [6.45, 7) is 0. The van der Waals surface area contributed by atoms with Crippen LogP contribution < -0.4 is 0 Å². The van der Waals surface area contributed by atoms with Gasteiger partial charge in [0.2, 0.25) is 0 Å². The molecule has 0 saturated carbocycles. The topological polar surface area (TPSA) is 12.9 Å². The normalized spacial score (nSPS) is 12.8. The van der Waals surface area contributed by atoms with Crippen molar-refractivity contribution in [1.29, 1.82) is 0 Å². The highest BCUT2D eigenvalue weighted by atomic mass is 79.9. The van der Waals surface area contributed by atoms with Crippen molar-refractivity contribution in [3.63, 3.8) is 0 Å². The molecule has 3 rings (SSSR count). The minimum absolute atomic E-state index is 0.125. The zero-order chi connectivity index (χ0) is 14.1. The van der Waals surface area contributed by atoms with Crippen LogP contribution in [0.2, 0.25) is 0 Å². The van der Waals surface area contributed by atoms with E-state index in [1.165, 1.54) is 10.8 Å². The SMILES string of the molecule is Fc1ccc(C(Br)Cc2nc3ccccc3s2)cc1Br. The van der Waals surface area contributed by atoms with Crippen LogP contribution in [-0.2, 0) is 6.42 Å². The van der Waals surface area contributed by atoms with E-state index in [0.29, 0.717) is 4.47 Å². The first-order valence-electron chi connectivity index (χ1n) is 6.07. The molecular formula is C15H10Br2FNS. The lowest BCUT2D eigenvalue weighted by molar-refractivity contribution is 0.620. The average Bonchev–Trinajstić information content (AvgIpc) is 2.83. The molecule has 0 saturated heterocycles. The fourth-order valence-corrected chi connectivity index (χ4v) is 4.20. The molecule has 0 N–H and O–H groups in total. The van der Waals surface area contributed by atoms with Crippen LogP contribution in [0.5, 0.6) is 0 Å². The van der Waals surface area contributed by atoms with E-state index >= 15 is 0 Å². The van der Waals surface area contributed by atoms with Crippen molar-refractivity contribution in [3.8, 4) is 0 Å². The summed E-state index contributed by atoms with van der Waals surface area (Å²) in [7, 11) is 0. The van der Waals surface area contributed by atoms with E-state index in [1.807, 2.05) is 24.3 Å². The van der Waals surface area contributed by atoms with Gasteiger partial charge in [0.05, 0.1) is 19.7 Å². The minimum atomic E-state index is -0.242. The second-order valence-corrected chi connectivity index (χ2v) is 7.50. The number of nitrogens with zero attached hydrogens (tertiary/aromatic N) is 1. The third-order valence-electron chi connectivity index (χ3n) is 3.00. The maximum Gasteiger partial charge on any atom is 0.137 e. The van der Waals surface area contributed by atoms with Crippen LogP contribution in [0.3, 0.4) is 0 Å². The molecule has 1 aromatic heterocycles. The molecule has 2 aromatic carbocycles. The summed E-state index contributed by atoms with van der Waals surface area (Å²) >= 11 is 8.58. The third kappa shape index (κ3) is 2.95. The van der Waals surface area contributed by atoms with Gasteiger partial charge in [-0.15, -0.1) is 11.3 Å². The first-order valence-corrected chi connectivity index (χ1v) is 8.59. The number of halogens is 3. The summed E-state index contributed by atoms with van der Waals surface area (Å²) < 4.78 is 14.9. The number of hydrogen-bond acceptors (Lipinski definition) is 2. The van der Waals surface area contributed by atoms with Gasteiger partial charge in [-0.2, -0.15) is 0 Å². The van der Waals surface area contributed by atoms with Gasteiger partial charge in [-0.25, -0.2) is 9.37 Å². The summed E-state index contributed by atoms with van der Waals surface area (Å²) in [4.78, 5) is 4.75. The molecule has 0 fully saturated rings. The van der Waals surface area contributed by atoms with Gasteiger partial charge in [0.15, 0.2) is 0 Å². The molecule has 0 aliphatic carbocycles. The molecule has 0 radical (unpaired) electrons. The lowest BCUT2D eigenvalue weighted by atomic mass is 10.1. The second kappa shape index (κ2) is 5.92. The fourth-order valence-electron chi connectivity index (χ4n) is 1.99. The number of aromatic nitrogens is 1. The Hall–Kier alpha value is -0.780. The largest absolute Gasteiger partial charge is 0.241 e. The monoisotopic (exact) mass is 413 g/mol. The van der Waals surface area contributed by atoms with E-state index in [0.717, 1.165) is 22.5 Å². The fraction of sp³-hybridized carbons (Fsp3) is 0.133. The summed E-state index contributed by atoms with van der Waals surface area (Å²) in [5.74, 6) is -0.242. The van der Waals surface area contributed by atoms with Crippen LogP contribution in [0.1, 0.15) is 15.4 Å². The van der Waals surface area contributed by atoms with E-state index in [4.69, 9.17) is 0 Å². The Kier molecular flexibility index (Phi) is 4.19. The number of hydrogen-bond donors (Lipinski definition) is 0. The summed E-state index contributed by atoms with van der Waals surface area (Å²) in [6, 6.07) is 13.2. The maximum absolute atomic E-state index is 13.3. The zero-order valence-electron chi connectivity index (χ0n) is 10.3. The van der Waals surface area contributed by atoms with Gasteiger partial charge in [0.25, 0.3) is 0 Å². The zero-order valence-corrected chi connectivity index (χ0v) is 14.3. The predicted molar refractivity (Wildman–Crippen MR) is 89.1 cm³/mol. The van der Waals surface area contributed by atoms with Crippen LogP contribution in [-0.4, -0.2) is 4.98 Å². The number of para-hydroxylation sites is 1. The molecule has 1 heterocycles. The average molecular weight is 415 g/mol. The molecule has 5 heteroatoms. The van der Waals surface area contributed by atoms with E-state index in [2.05, 4.69) is 42.9 Å². The molecule has 1 nitrogen and oxygen atoms in total. The Bertz CT molecular complexity index is 723. The highest BCUT2D eigenvalue weighted by Gasteiger charge is 2.13. The molecule has 1 unspecified atom stereocenters. The second-order valence-electron chi connectivity index (χ2n) is 4.42. The first-order chi connectivity index (χ1) is 9.63. The molecule has 102 valence electrons. The number of alkyl halides is 1. The standard InChI is InChI=1S/C15H10Br2FNS/c16-10(9-5-6-12(18)11(17)7-9)8-15-19-13-3-1-2-4-14(13)20-15/h1-7,10H,8H2. The van der Waals surface area contributed by atoms with Gasteiger partial charge in [-0.3, -0.25) is 0 Å². The molecule has 0 spiro atoms. The van der Waals surface area contributed by atoms with Crippen LogP contribution in [0.15, 0.2) is 46.9 Å². The highest BCUT2D eigenvalue weighted by molar-refractivity contribution is 9.10. The number of rotatable bonds is 3. The smallest absolute Gasteiger partial charge is 0.137 e. The van der Waals surface area contributed by atoms with Crippen LogP contribution in [0.25, 0.3) is 10.2 Å². The maximum atomic E-state index is 13.3. The molecule has 0 amide bonds. The molecular weight excluding hydrogens is 405 g/mol. The van der Waals surface area contributed by atoms with Gasteiger partial charge in [0.1, 0.15) is 5.82 Å². The van der Waals surface area contributed by atoms with Gasteiger partial charge in [-0.1, -0.05) is 34.1 Å².